The van der Waals surface area contributed by atoms with Crippen LogP contribution in [-0.4, -0.2) is 18.5 Å². The average Bonchev–Trinajstić information content (AvgIpc) is 2.39. The van der Waals surface area contributed by atoms with Crippen molar-refractivity contribution < 1.29 is 4.79 Å². The highest BCUT2D eigenvalue weighted by Crippen LogP contribution is 2.32. The van der Waals surface area contributed by atoms with Crippen molar-refractivity contribution in [2.45, 2.75) is 32.0 Å². The molecule has 0 saturated carbocycles. The van der Waals surface area contributed by atoms with E-state index in [1.54, 1.807) is 0 Å². The van der Waals surface area contributed by atoms with E-state index in [1.165, 1.54) is 0 Å². The van der Waals surface area contributed by atoms with Gasteiger partial charge in [-0.1, -0.05) is 30.7 Å². The summed E-state index contributed by atoms with van der Waals surface area (Å²) in [4.78, 5) is 12.3. The number of piperidine rings is 2. The van der Waals surface area contributed by atoms with Gasteiger partial charge in [-0.05, 0) is 36.6 Å². The minimum absolute atomic E-state index is 0.0772. The number of rotatable bonds is 1. The van der Waals surface area contributed by atoms with Gasteiger partial charge in [0.25, 0.3) is 0 Å². The zero-order valence-electron chi connectivity index (χ0n) is 11.0. The van der Waals surface area contributed by atoms with E-state index in [0.29, 0.717) is 18.1 Å². The number of hydrogen-bond acceptors (Lipinski definition) is 3. The molecule has 0 spiro atoms. The fourth-order valence-corrected chi connectivity index (χ4v) is 3.38. The lowest BCUT2D eigenvalue weighted by Gasteiger charge is -2.42. The Bertz CT molecular complexity index is 491. The van der Waals surface area contributed by atoms with E-state index in [9.17, 15) is 4.79 Å². The maximum atomic E-state index is 12.3. The smallest absolute Gasteiger partial charge is 0.140 e. The van der Waals surface area contributed by atoms with Crippen molar-refractivity contribution in [3.8, 4) is 0 Å². The van der Waals surface area contributed by atoms with E-state index in [2.05, 4.69) is 17.6 Å². The molecule has 4 unspecified atom stereocenters. The second kappa shape index (κ2) is 5.23. The quantitative estimate of drug-likeness (QED) is 0.829. The summed E-state index contributed by atoms with van der Waals surface area (Å²) in [6, 6.07) is 7.85. The van der Waals surface area contributed by atoms with Gasteiger partial charge in [-0.15, -0.1) is 0 Å². The summed E-state index contributed by atoms with van der Waals surface area (Å²) in [7, 11) is 0. The Kier molecular flexibility index (Phi) is 3.61. The van der Waals surface area contributed by atoms with Gasteiger partial charge in [-0.25, -0.2) is 0 Å². The number of benzene rings is 1. The number of fused-ring (bicyclic) bond motifs is 1. The second-order valence-electron chi connectivity index (χ2n) is 5.78. The molecule has 3 rings (SSSR count). The molecular weight excluding hydrogens is 260 g/mol. The summed E-state index contributed by atoms with van der Waals surface area (Å²) >= 11 is 6.03. The van der Waals surface area contributed by atoms with E-state index in [4.69, 9.17) is 11.6 Å². The van der Waals surface area contributed by atoms with E-state index in [0.717, 1.165) is 23.6 Å². The molecule has 102 valence electrons. The van der Waals surface area contributed by atoms with Gasteiger partial charge in [-0.3, -0.25) is 10.1 Å². The molecule has 2 heterocycles. The largest absolute Gasteiger partial charge is 0.301 e. The number of Topliss-reactive ketones (excluding diaryl/α,β-unsaturated/α-hetero) is 1. The molecule has 2 saturated heterocycles. The van der Waals surface area contributed by atoms with Crippen LogP contribution in [0.3, 0.4) is 0 Å². The lowest BCUT2D eigenvalue weighted by atomic mass is 9.80. The summed E-state index contributed by atoms with van der Waals surface area (Å²) in [5.41, 5.74) is 1.10. The topological polar surface area (TPSA) is 41.1 Å². The highest BCUT2D eigenvalue weighted by atomic mass is 35.5. The van der Waals surface area contributed by atoms with Crippen LogP contribution in [0.15, 0.2) is 24.3 Å². The Hall–Kier alpha value is -0.900. The SMILES string of the molecule is CC1CNC2NC(c3cccc(Cl)c3)CC(=O)C2C1. The molecule has 4 heteroatoms. The molecule has 1 aromatic carbocycles. The van der Waals surface area contributed by atoms with Crippen LogP contribution in [0.5, 0.6) is 0 Å². The molecule has 2 aliphatic rings. The normalized spacial score (nSPS) is 34.9. The molecule has 2 aliphatic heterocycles. The summed E-state index contributed by atoms with van der Waals surface area (Å²) < 4.78 is 0. The van der Waals surface area contributed by atoms with Crippen LogP contribution in [0.4, 0.5) is 0 Å². The molecule has 2 fully saturated rings. The first-order valence-electron chi connectivity index (χ1n) is 6.91. The first-order chi connectivity index (χ1) is 9.13. The van der Waals surface area contributed by atoms with Gasteiger partial charge in [-0.2, -0.15) is 0 Å². The van der Waals surface area contributed by atoms with Gasteiger partial charge in [0.05, 0.1) is 6.17 Å². The first kappa shape index (κ1) is 13.1. The van der Waals surface area contributed by atoms with Crippen LogP contribution in [0, 0.1) is 11.8 Å². The fourth-order valence-electron chi connectivity index (χ4n) is 3.18. The van der Waals surface area contributed by atoms with Crippen LogP contribution in [0.1, 0.15) is 31.4 Å². The minimum Gasteiger partial charge on any atom is -0.301 e. The van der Waals surface area contributed by atoms with Gasteiger partial charge in [0.1, 0.15) is 5.78 Å². The molecule has 0 bridgehead atoms. The fraction of sp³-hybridized carbons (Fsp3) is 0.533. The average molecular weight is 279 g/mol. The minimum atomic E-state index is 0.0772. The van der Waals surface area contributed by atoms with Gasteiger partial charge in [0, 0.05) is 23.4 Å². The molecular formula is C15H19ClN2O. The number of hydrogen-bond donors (Lipinski definition) is 2. The summed E-state index contributed by atoms with van der Waals surface area (Å²) in [5, 5.41) is 7.73. The lowest BCUT2D eigenvalue weighted by molar-refractivity contribution is -0.128. The molecule has 0 amide bonds. The van der Waals surface area contributed by atoms with E-state index < -0.39 is 0 Å². The van der Waals surface area contributed by atoms with Gasteiger partial charge >= 0.3 is 0 Å². The van der Waals surface area contributed by atoms with Crippen molar-refractivity contribution in [3.05, 3.63) is 34.9 Å². The van der Waals surface area contributed by atoms with Crippen molar-refractivity contribution in [1.82, 2.24) is 10.6 Å². The molecule has 0 aromatic heterocycles. The Labute approximate surface area is 118 Å². The van der Waals surface area contributed by atoms with Gasteiger partial charge < -0.3 is 5.32 Å². The van der Waals surface area contributed by atoms with Crippen molar-refractivity contribution in [3.63, 3.8) is 0 Å². The van der Waals surface area contributed by atoms with Crippen LogP contribution in [0.25, 0.3) is 0 Å². The number of nitrogens with one attached hydrogen (secondary N) is 2. The van der Waals surface area contributed by atoms with Gasteiger partial charge in [0.15, 0.2) is 0 Å². The zero-order chi connectivity index (χ0) is 13.4. The third-order valence-corrected chi connectivity index (χ3v) is 4.43. The van der Waals surface area contributed by atoms with Gasteiger partial charge in [0.2, 0.25) is 0 Å². The Morgan fingerprint density at radius 3 is 3.00 bits per heavy atom. The van der Waals surface area contributed by atoms with E-state index in [1.807, 2.05) is 24.3 Å². The third kappa shape index (κ3) is 2.69. The number of ketones is 1. The molecule has 3 nitrogen and oxygen atoms in total. The van der Waals surface area contributed by atoms with Crippen molar-refractivity contribution in [1.29, 1.82) is 0 Å². The molecule has 1 aromatic rings. The predicted octanol–water partition coefficient (Wildman–Crippen LogP) is 2.52. The van der Waals surface area contributed by atoms with Crippen molar-refractivity contribution >= 4 is 17.4 Å². The Morgan fingerprint density at radius 1 is 1.37 bits per heavy atom. The standard InChI is InChI=1S/C15H19ClN2O/c1-9-5-12-14(19)7-13(18-15(12)17-8-9)10-3-2-4-11(16)6-10/h2-4,6,9,12-13,15,17-18H,5,7-8H2,1H3. The maximum Gasteiger partial charge on any atom is 0.140 e. The highest BCUT2D eigenvalue weighted by molar-refractivity contribution is 6.30. The molecule has 4 atom stereocenters. The van der Waals surface area contributed by atoms with E-state index in [-0.39, 0.29) is 18.1 Å². The highest BCUT2D eigenvalue weighted by Gasteiger charge is 2.39. The van der Waals surface area contributed by atoms with Crippen LogP contribution < -0.4 is 10.6 Å². The first-order valence-corrected chi connectivity index (χ1v) is 7.29. The van der Waals surface area contributed by atoms with Crippen LogP contribution >= 0.6 is 11.6 Å². The summed E-state index contributed by atoms with van der Waals surface area (Å²) in [5.74, 6) is 1.07. The second-order valence-corrected chi connectivity index (χ2v) is 6.21. The number of carbonyl (C=O) groups is 1. The zero-order valence-corrected chi connectivity index (χ0v) is 11.8. The number of halogens is 1. The molecule has 0 radical (unpaired) electrons. The van der Waals surface area contributed by atoms with E-state index >= 15 is 0 Å². The monoisotopic (exact) mass is 278 g/mol. The van der Waals surface area contributed by atoms with Crippen LogP contribution in [0.2, 0.25) is 5.02 Å². The van der Waals surface area contributed by atoms with Crippen LogP contribution in [-0.2, 0) is 4.79 Å². The predicted molar refractivity (Wildman–Crippen MR) is 76.0 cm³/mol. The molecule has 0 aliphatic carbocycles. The Morgan fingerprint density at radius 2 is 2.21 bits per heavy atom. The van der Waals surface area contributed by atoms with Crippen molar-refractivity contribution in [2.24, 2.45) is 11.8 Å². The molecule has 19 heavy (non-hydrogen) atoms. The third-order valence-electron chi connectivity index (χ3n) is 4.20. The van der Waals surface area contributed by atoms with Crippen molar-refractivity contribution in [2.75, 3.05) is 6.54 Å². The summed E-state index contributed by atoms with van der Waals surface area (Å²) in [6.07, 6.45) is 1.67. The maximum absolute atomic E-state index is 12.3. The summed E-state index contributed by atoms with van der Waals surface area (Å²) in [6.45, 7) is 3.17. The Balaban J connectivity index is 1.79. The lowest BCUT2D eigenvalue weighted by Crippen LogP contribution is -2.59. The number of carbonyl (C=O) groups excluding carboxylic acids is 1. The molecule has 2 N–H and O–H groups in total.